The highest BCUT2D eigenvalue weighted by atomic mass is 16.6. The van der Waals surface area contributed by atoms with Crippen LogP contribution in [0.25, 0.3) is 11.0 Å². The Bertz CT molecular complexity index is 839. The predicted molar refractivity (Wildman–Crippen MR) is 80.9 cm³/mol. The van der Waals surface area contributed by atoms with Gasteiger partial charge in [0.2, 0.25) is 5.91 Å². The highest BCUT2D eigenvalue weighted by Gasteiger charge is 2.09. The minimum absolute atomic E-state index is 0.00441. The van der Waals surface area contributed by atoms with Gasteiger partial charge in [-0.2, -0.15) is 0 Å². The number of hydrogen-bond donors (Lipinski definition) is 1. The standard InChI is InChI=1S/C15H12N4O3/c20-15(9-11-5-7-12(8-6-11)19(21)22)17-18-10-16-13-3-1-2-4-14(13)18/h1-8,10H,9H2,(H,17,20). The Kier molecular flexibility index (Phi) is 3.53. The van der Waals surface area contributed by atoms with E-state index in [1.54, 1.807) is 23.1 Å². The van der Waals surface area contributed by atoms with Gasteiger partial charge in [-0.3, -0.25) is 20.3 Å². The molecule has 1 amide bonds. The summed E-state index contributed by atoms with van der Waals surface area (Å²) < 4.78 is 1.56. The molecule has 22 heavy (non-hydrogen) atoms. The number of amides is 1. The van der Waals surface area contributed by atoms with E-state index < -0.39 is 4.92 Å². The number of aromatic nitrogens is 2. The highest BCUT2D eigenvalue weighted by molar-refractivity contribution is 5.88. The molecule has 7 nitrogen and oxygen atoms in total. The molecule has 2 aromatic carbocycles. The number of rotatable bonds is 4. The van der Waals surface area contributed by atoms with E-state index in [0.717, 1.165) is 11.0 Å². The number of non-ortho nitro benzene ring substituents is 1. The van der Waals surface area contributed by atoms with E-state index in [-0.39, 0.29) is 18.0 Å². The Morgan fingerprint density at radius 3 is 2.64 bits per heavy atom. The second-order valence-corrected chi connectivity index (χ2v) is 4.74. The first-order valence-corrected chi connectivity index (χ1v) is 6.59. The molecular formula is C15H12N4O3. The molecule has 0 aliphatic carbocycles. The number of nitrogens with one attached hydrogen (secondary N) is 1. The quantitative estimate of drug-likeness (QED) is 0.590. The highest BCUT2D eigenvalue weighted by Crippen LogP contribution is 2.13. The number of benzene rings is 2. The zero-order valence-electron chi connectivity index (χ0n) is 11.5. The third-order valence-corrected chi connectivity index (χ3v) is 3.21. The smallest absolute Gasteiger partial charge is 0.269 e. The summed E-state index contributed by atoms with van der Waals surface area (Å²) in [5.41, 5.74) is 5.03. The van der Waals surface area contributed by atoms with Crippen LogP contribution >= 0.6 is 0 Å². The van der Waals surface area contributed by atoms with Crippen LogP contribution in [0.5, 0.6) is 0 Å². The summed E-state index contributed by atoms with van der Waals surface area (Å²) >= 11 is 0. The van der Waals surface area contributed by atoms with Crippen LogP contribution in [0, 0.1) is 10.1 Å². The average molecular weight is 296 g/mol. The fourth-order valence-electron chi connectivity index (χ4n) is 2.14. The maximum absolute atomic E-state index is 12.0. The first kappa shape index (κ1) is 13.7. The van der Waals surface area contributed by atoms with Crippen molar-refractivity contribution >= 4 is 22.6 Å². The summed E-state index contributed by atoms with van der Waals surface area (Å²) in [7, 11) is 0. The molecule has 1 N–H and O–H groups in total. The number of imidazole rings is 1. The predicted octanol–water partition coefficient (Wildman–Crippen LogP) is 2.26. The third kappa shape index (κ3) is 2.78. The van der Waals surface area contributed by atoms with E-state index in [1.807, 2.05) is 24.3 Å². The van der Waals surface area contributed by atoms with Crippen molar-refractivity contribution in [3.8, 4) is 0 Å². The topological polar surface area (TPSA) is 90.1 Å². The third-order valence-electron chi connectivity index (χ3n) is 3.21. The first-order valence-electron chi connectivity index (χ1n) is 6.59. The molecule has 0 radical (unpaired) electrons. The Labute approximate surface area is 125 Å². The molecule has 3 rings (SSSR count). The lowest BCUT2D eigenvalue weighted by Crippen LogP contribution is -2.23. The number of nitro groups is 1. The molecule has 0 saturated carbocycles. The molecule has 0 saturated heterocycles. The minimum atomic E-state index is -0.471. The van der Waals surface area contributed by atoms with E-state index in [9.17, 15) is 14.9 Å². The van der Waals surface area contributed by atoms with Gasteiger partial charge in [-0.25, -0.2) is 9.66 Å². The fourth-order valence-corrected chi connectivity index (χ4v) is 2.14. The van der Waals surface area contributed by atoms with Gasteiger partial charge >= 0.3 is 0 Å². The Balaban J connectivity index is 1.71. The monoisotopic (exact) mass is 296 g/mol. The maximum atomic E-state index is 12.0. The van der Waals surface area contributed by atoms with Crippen LogP contribution in [0.4, 0.5) is 5.69 Å². The lowest BCUT2D eigenvalue weighted by atomic mass is 10.1. The van der Waals surface area contributed by atoms with Crippen molar-refractivity contribution < 1.29 is 9.72 Å². The molecule has 1 aromatic heterocycles. The number of para-hydroxylation sites is 2. The van der Waals surface area contributed by atoms with Crippen LogP contribution < -0.4 is 5.43 Å². The summed E-state index contributed by atoms with van der Waals surface area (Å²) in [6.45, 7) is 0. The largest absolute Gasteiger partial charge is 0.273 e. The molecule has 0 fully saturated rings. The van der Waals surface area contributed by atoms with Crippen LogP contribution in [0.1, 0.15) is 5.56 Å². The summed E-state index contributed by atoms with van der Waals surface area (Å²) in [6.07, 6.45) is 1.67. The van der Waals surface area contributed by atoms with Gasteiger partial charge in [-0.1, -0.05) is 24.3 Å². The fraction of sp³-hybridized carbons (Fsp3) is 0.0667. The zero-order chi connectivity index (χ0) is 15.5. The summed E-state index contributed by atoms with van der Waals surface area (Å²) in [4.78, 5) is 26.3. The molecule has 0 aliphatic heterocycles. The van der Waals surface area contributed by atoms with Gasteiger partial charge in [-0.15, -0.1) is 0 Å². The van der Waals surface area contributed by atoms with E-state index >= 15 is 0 Å². The first-order chi connectivity index (χ1) is 10.6. The average Bonchev–Trinajstić information content (AvgIpc) is 2.91. The second-order valence-electron chi connectivity index (χ2n) is 4.74. The number of carbonyl (C=O) groups excluding carboxylic acids is 1. The van der Waals surface area contributed by atoms with Crippen LogP contribution in [0.15, 0.2) is 54.9 Å². The molecule has 0 unspecified atom stereocenters. The Morgan fingerprint density at radius 1 is 1.18 bits per heavy atom. The van der Waals surface area contributed by atoms with Crippen molar-refractivity contribution in [1.29, 1.82) is 0 Å². The van der Waals surface area contributed by atoms with E-state index in [2.05, 4.69) is 10.4 Å². The summed E-state index contributed by atoms with van der Waals surface area (Å²) in [5.74, 6) is -0.225. The van der Waals surface area contributed by atoms with Crippen molar-refractivity contribution in [1.82, 2.24) is 9.66 Å². The molecule has 0 spiro atoms. The van der Waals surface area contributed by atoms with E-state index in [0.29, 0.717) is 5.56 Å². The van der Waals surface area contributed by atoms with E-state index in [1.165, 1.54) is 12.1 Å². The zero-order valence-corrected chi connectivity index (χ0v) is 11.5. The van der Waals surface area contributed by atoms with Gasteiger partial charge in [0.05, 0.1) is 22.4 Å². The van der Waals surface area contributed by atoms with Crippen LogP contribution in [-0.4, -0.2) is 20.5 Å². The van der Waals surface area contributed by atoms with Crippen molar-refractivity contribution in [3.63, 3.8) is 0 Å². The lowest BCUT2D eigenvalue weighted by Gasteiger charge is -2.07. The van der Waals surface area contributed by atoms with Crippen LogP contribution in [0.2, 0.25) is 0 Å². The van der Waals surface area contributed by atoms with Crippen molar-refractivity contribution in [2.24, 2.45) is 0 Å². The molecular weight excluding hydrogens is 284 g/mol. The summed E-state index contributed by atoms with van der Waals surface area (Å²) in [5, 5.41) is 10.6. The van der Waals surface area contributed by atoms with Crippen LogP contribution in [0.3, 0.4) is 0 Å². The maximum Gasteiger partial charge on any atom is 0.269 e. The number of nitro benzene ring substituents is 1. The second kappa shape index (κ2) is 5.65. The number of carbonyl (C=O) groups is 1. The summed E-state index contributed by atoms with van der Waals surface area (Å²) in [6, 6.07) is 13.4. The molecule has 7 heteroatoms. The number of fused-ring (bicyclic) bond motifs is 1. The molecule has 0 bridgehead atoms. The Hall–Kier alpha value is -3.22. The lowest BCUT2D eigenvalue weighted by molar-refractivity contribution is -0.384. The Morgan fingerprint density at radius 2 is 1.91 bits per heavy atom. The molecule has 3 aromatic rings. The molecule has 0 atom stereocenters. The van der Waals surface area contributed by atoms with Gasteiger partial charge in [0.25, 0.3) is 5.69 Å². The molecule has 1 heterocycles. The van der Waals surface area contributed by atoms with E-state index in [4.69, 9.17) is 0 Å². The van der Waals surface area contributed by atoms with Crippen LogP contribution in [-0.2, 0) is 11.2 Å². The SMILES string of the molecule is O=C(Cc1ccc([N+](=O)[O-])cc1)Nn1cnc2ccccc21. The van der Waals surface area contributed by atoms with Crippen molar-refractivity contribution in [2.75, 3.05) is 5.43 Å². The number of hydrogen-bond acceptors (Lipinski definition) is 4. The number of nitrogens with zero attached hydrogens (tertiary/aromatic N) is 3. The molecule has 0 aliphatic rings. The molecule has 110 valence electrons. The van der Waals surface area contributed by atoms with Gasteiger partial charge in [0.15, 0.2) is 0 Å². The minimum Gasteiger partial charge on any atom is -0.273 e. The van der Waals surface area contributed by atoms with Gasteiger partial charge < -0.3 is 0 Å². The van der Waals surface area contributed by atoms with Gasteiger partial charge in [-0.05, 0) is 17.7 Å². The van der Waals surface area contributed by atoms with Crippen molar-refractivity contribution in [3.05, 3.63) is 70.5 Å². The van der Waals surface area contributed by atoms with Gasteiger partial charge in [0.1, 0.15) is 6.33 Å². The van der Waals surface area contributed by atoms with Gasteiger partial charge in [0, 0.05) is 12.1 Å². The van der Waals surface area contributed by atoms with Crippen molar-refractivity contribution in [2.45, 2.75) is 6.42 Å². The normalized spacial score (nSPS) is 10.5.